The van der Waals surface area contributed by atoms with Crippen molar-refractivity contribution >= 4 is 85.1 Å². The van der Waals surface area contributed by atoms with Gasteiger partial charge < -0.3 is 9.80 Å². The number of benzene rings is 8. The normalized spacial score (nSPS) is 13.8. The van der Waals surface area contributed by atoms with E-state index in [-0.39, 0.29) is 12.1 Å². The predicted octanol–water partition coefficient (Wildman–Crippen LogP) is 10.8. The van der Waals surface area contributed by atoms with Gasteiger partial charge in [-0.15, -0.1) is 0 Å². The van der Waals surface area contributed by atoms with E-state index in [1.54, 1.807) is 0 Å². The van der Waals surface area contributed by atoms with E-state index in [0.717, 1.165) is 62.0 Å². The van der Waals surface area contributed by atoms with Gasteiger partial charge in [0.15, 0.2) is 0 Å². The van der Waals surface area contributed by atoms with Crippen molar-refractivity contribution in [2.24, 2.45) is 0 Å². The summed E-state index contributed by atoms with van der Waals surface area (Å²) in [5, 5.41) is 0. The van der Waals surface area contributed by atoms with Crippen molar-refractivity contribution in [2.45, 2.75) is 19.3 Å². The fraction of sp³-hybridized carbons (Fsp3) is 0.0577. The molecule has 8 aromatic carbocycles. The number of fused-ring (bicyclic) bond motifs is 9. The Labute approximate surface area is 337 Å². The zero-order valence-corrected chi connectivity index (χ0v) is 32.3. The van der Waals surface area contributed by atoms with Crippen LogP contribution < -0.4 is 26.2 Å². The lowest BCUT2D eigenvalue weighted by atomic mass is 9.30. The molecular formula is C52H38BN5. The molecule has 0 saturated heterocycles. The zero-order valence-electron chi connectivity index (χ0n) is 32.3. The van der Waals surface area contributed by atoms with Crippen LogP contribution in [0.15, 0.2) is 194 Å². The van der Waals surface area contributed by atoms with Crippen LogP contribution in [0.3, 0.4) is 0 Å². The third-order valence-corrected chi connectivity index (χ3v) is 12.5. The number of nitrogens with zero attached hydrogens (tertiary/aromatic N) is 5. The smallest absolute Gasteiger partial charge is 0.247 e. The summed E-state index contributed by atoms with van der Waals surface area (Å²) in [6.07, 6.45) is 0. The van der Waals surface area contributed by atoms with E-state index in [1.807, 2.05) is 0 Å². The van der Waals surface area contributed by atoms with Gasteiger partial charge in [-0.1, -0.05) is 122 Å². The van der Waals surface area contributed by atoms with Crippen LogP contribution in [0.25, 0.3) is 33.5 Å². The first-order valence-electron chi connectivity index (χ1n) is 20.1. The molecule has 58 heavy (non-hydrogen) atoms. The maximum Gasteiger partial charge on any atom is 0.247 e. The maximum absolute atomic E-state index is 5.45. The van der Waals surface area contributed by atoms with Crippen molar-refractivity contribution in [1.82, 2.24) is 14.0 Å². The van der Waals surface area contributed by atoms with Gasteiger partial charge in [-0.2, -0.15) is 0 Å². The summed E-state index contributed by atoms with van der Waals surface area (Å²) in [5.41, 5.74) is 18.8. The Morgan fingerprint density at radius 1 is 0.483 bits per heavy atom. The summed E-state index contributed by atoms with van der Waals surface area (Å²) >= 11 is 0. The molecule has 12 rings (SSSR count). The third-order valence-electron chi connectivity index (χ3n) is 12.5. The summed E-state index contributed by atoms with van der Waals surface area (Å²) in [7, 11) is 0. The van der Waals surface area contributed by atoms with Crippen molar-refractivity contribution in [1.29, 1.82) is 0 Å². The SMILES string of the molecule is CC1(C)c2cc(N(c3ccccc3)c3ccccc3)ccc2B2c3cc4c(cc3N(c3ccccc3)c3cccc1c32)nc1n(-c2ccccc2)c2ccccc2n41. The van der Waals surface area contributed by atoms with Gasteiger partial charge in [-0.05, 0) is 113 Å². The molecule has 0 N–H and O–H groups in total. The number of para-hydroxylation sites is 6. The minimum Gasteiger partial charge on any atom is -0.311 e. The van der Waals surface area contributed by atoms with E-state index in [2.05, 4.69) is 227 Å². The van der Waals surface area contributed by atoms with Gasteiger partial charge in [0.05, 0.1) is 22.1 Å². The van der Waals surface area contributed by atoms with Crippen LogP contribution in [0.1, 0.15) is 25.0 Å². The van der Waals surface area contributed by atoms with E-state index >= 15 is 0 Å². The Morgan fingerprint density at radius 3 is 1.79 bits per heavy atom. The molecule has 2 aliphatic heterocycles. The highest BCUT2D eigenvalue weighted by Gasteiger charge is 2.46. The Balaban J connectivity index is 1.15. The molecule has 0 fully saturated rings. The van der Waals surface area contributed by atoms with Crippen molar-refractivity contribution in [2.75, 3.05) is 9.80 Å². The molecule has 0 unspecified atom stereocenters. The molecule has 2 aliphatic rings. The summed E-state index contributed by atoms with van der Waals surface area (Å²) in [4.78, 5) is 10.3. The van der Waals surface area contributed by atoms with Crippen LogP contribution >= 0.6 is 0 Å². The first-order chi connectivity index (χ1) is 28.6. The minimum absolute atomic E-state index is 0.0116. The standard InChI is InChI=1S/C52H38BN5/c1-52(2)40-26-17-29-47-50(40)53(42-31-30-39(32-41(42)52)55(35-18-7-3-8-19-35)36-20-9-4-10-21-36)43-33-49-44(34-48(43)56(47)37-22-11-5-12-23-37)54-51-57(38-24-13-6-14-25-38)45-27-15-16-28-46(45)58(49)51/h3-34H,1-2H3. The van der Waals surface area contributed by atoms with Crippen LogP contribution in [-0.2, 0) is 5.41 Å². The first-order valence-corrected chi connectivity index (χ1v) is 20.1. The van der Waals surface area contributed by atoms with Gasteiger partial charge in [0.2, 0.25) is 12.5 Å². The minimum atomic E-state index is -0.275. The van der Waals surface area contributed by atoms with Crippen LogP contribution in [-0.4, -0.2) is 20.7 Å². The van der Waals surface area contributed by atoms with Crippen LogP contribution in [0.2, 0.25) is 0 Å². The predicted molar refractivity (Wildman–Crippen MR) is 242 cm³/mol. The average Bonchev–Trinajstić information content (AvgIpc) is 3.80. The van der Waals surface area contributed by atoms with E-state index in [0.29, 0.717) is 0 Å². The Bertz CT molecular complexity index is 3170. The molecule has 274 valence electrons. The molecule has 5 nitrogen and oxygen atoms in total. The topological polar surface area (TPSA) is 28.7 Å². The molecule has 0 radical (unpaired) electrons. The van der Waals surface area contributed by atoms with E-state index < -0.39 is 0 Å². The lowest BCUT2D eigenvalue weighted by Crippen LogP contribution is -2.64. The molecule has 2 aromatic heterocycles. The number of aromatic nitrogens is 3. The fourth-order valence-corrected chi connectivity index (χ4v) is 9.99. The lowest BCUT2D eigenvalue weighted by molar-refractivity contribution is 0.646. The van der Waals surface area contributed by atoms with E-state index in [9.17, 15) is 0 Å². The second-order valence-electron chi connectivity index (χ2n) is 16.1. The molecule has 4 heterocycles. The van der Waals surface area contributed by atoms with Crippen molar-refractivity contribution in [3.8, 4) is 5.69 Å². The van der Waals surface area contributed by atoms with Crippen molar-refractivity contribution < 1.29 is 0 Å². The number of hydrogen-bond donors (Lipinski definition) is 0. The second-order valence-corrected chi connectivity index (χ2v) is 16.1. The molecule has 0 aliphatic carbocycles. The quantitative estimate of drug-likeness (QED) is 0.164. The highest BCUT2D eigenvalue weighted by molar-refractivity contribution is 6.99. The van der Waals surface area contributed by atoms with Gasteiger partial charge in [0.25, 0.3) is 0 Å². The highest BCUT2D eigenvalue weighted by Crippen LogP contribution is 2.45. The molecule has 0 bridgehead atoms. The first kappa shape index (κ1) is 32.9. The van der Waals surface area contributed by atoms with E-state index in [4.69, 9.17) is 4.98 Å². The summed E-state index contributed by atoms with van der Waals surface area (Å²) in [5.74, 6) is 0.908. The second kappa shape index (κ2) is 12.3. The number of hydrogen-bond acceptors (Lipinski definition) is 3. The van der Waals surface area contributed by atoms with Gasteiger partial charge in [-0.25, -0.2) is 4.98 Å². The molecule has 6 heteroatoms. The number of anilines is 6. The number of rotatable bonds is 5. The van der Waals surface area contributed by atoms with Crippen molar-refractivity contribution in [3.63, 3.8) is 0 Å². The summed E-state index contributed by atoms with van der Waals surface area (Å²) < 4.78 is 4.65. The Morgan fingerprint density at radius 2 is 1.10 bits per heavy atom. The lowest BCUT2D eigenvalue weighted by Gasteiger charge is -2.45. The van der Waals surface area contributed by atoms with Crippen LogP contribution in [0, 0.1) is 0 Å². The Kier molecular flexibility index (Phi) is 7.00. The molecule has 0 atom stereocenters. The maximum atomic E-state index is 5.45. The monoisotopic (exact) mass is 743 g/mol. The highest BCUT2D eigenvalue weighted by atomic mass is 15.2. The average molecular weight is 744 g/mol. The molecule has 0 saturated carbocycles. The molecule has 10 aromatic rings. The zero-order chi connectivity index (χ0) is 38.5. The Hall–Kier alpha value is -7.31. The van der Waals surface area contributed by atoms with Gasteiger partial charge in [-0.3, -0.25) is 8.97 Å². The van der Waals surface area contributed by atoms with Gasteiger partial charge in [0.1, 0.15) is 0 Å². The van der Waals surface area contributed by atoms with Crippen LogP contribution in [0.4, 0.5) is 34.1 Å². The van der Waals surface area contributed by atoms with Crippen LogP contribution in [0.5, 0.6) is 0 Å². The molecular weight excluding hydrogens is 705 g/mol. The third kappa shape index (κ3) is 4.63. The molecule has 0 amide bonds. The summed E-state index contributed by atoms with van der Waals surface area (Å²) in [6, 6.07) is 70.4. The van der Waals surface area contributed by atoms with Gasteiger partial charge >= 0.3 is 0 Å². The summed E-state index contributed by atoms with van der Waals surface area (Å²) in [6.45, 7) is 4.82. The van der Waals surface area contributed by atoms with Crippen molar-refractivity contribution in [3.05, 3.63) is 205 Å². The fourth-order valence-electron chi connectivity index (χ4n) is 9.99. The van der Waals surface area contributed by atoms with Gasteiger partial charge in [0, 0.05) is 45.2 Å². The largest absolute Gasteiger partial charge is 0.311 e. The molecule has 0 spiro atoms. The number of imidazole rings is 2. The van der Waals surface area contributed by atoms with E-state index in [1.165, 1.54) is 33.2 Å².